The maximum Gasteiger partial charge on any atom is 0.225 e. The average molecular weight is 1380 g/mol. The van der Waals surface area contributed by atoms with Gasteiger partial charge < -0.3 is 44.9 Å². The Kier molecular flexibility index (Phi) is 29.9. The van der Waals surface area contributed by atoms with Gasteiger partial charge in [0.2, 0.25) is 17.7 Å². The molecule has 6 fully saturated rings. The van der Waals surface area contributed by atoms with Crippen LogP contribution in [0.15, 0.2) is 69.1 Å². The number of nitrogens with two attached hydrogens (primary N) is 1. The summed E-state index contributed by atoms with van der Waals surface area (Å²) >= 11 is 14.9. The zero-order valence-electron chi connectivity index (χ0n) is 45.6. The molecule has 26 heteroatoms. The molecule has 1 aliphatic carbocycles. The number of nitrogen functional groups attached to an aromatic ring is 1. The lowest BCUT2D eigenvalue weighted by Crippen LogP contribution is -2.50. The number of piperidine rings is 2. The van der Waals surface area contributed by atoms with Crippen molar-refractivity contribution in [1.82, 2.24) is 49.3 Å². The van der Waals surface area contributed by atoms with Gasteiger partial charge in [-0.25, -0.2) is 17.6 Å². The first kappa shape index (κ1) is 68.8. The van der Waals surface area contributed by atoms with Gasteiger partial charge in [-0.2, -0.15) is 0 Å². The zero-order chi connectivity index (χ0) is 56.3. The van der Waals surface area contributed by atoms with Crippen molar-refractivity contribution in [3.63, 3.8) is 0 Å². The minimum absolute atomic E-state index is 0. The van der Waals surface area contributed by atoms with Crippen LogP contribution >= 0.6 is 84.2 Å². The van der Waals surface area contributed by atoms with Gasteiger partial charge in [-0.1, -0.05) is 30.9 Å². The van der Waals surface area contributed by atoms with Gasteiger partial charge in [0.1, 0.15) is 5.82 Å². The van der Waals surface area contributed by atoms with Gasteiger partial charge >= 0.3 is 0 Å². The largest absolute Gasteiger partial charge is 0.396 e. The first-order valence-corrected chi connectivity index (χ1v) is 29.5. The summed E-state index contributed by atoms with van der Waals surface area (Å²) in [5.74, 6) is -0.125. The second-order valence-corrected chi connectivity index (χ2v) is 23.5. The highest BCUT2D eigenvalue weighted by molar-refractivity contribution is 9.11. The van der Waals surface area contributed by atoms with Crippen LogP contribution in [0.2, 0.25) is 5.02 Å². The summed E-state index contributed by atoms with van der Waals surface area (Å²) < 4.78 is 54.2. The summed E-state index contributed by atoms with van der Waals surface area (Å²) in [7, 11) is 6.29. The molecular formula is C54H75Br3Cl3F4N13O3. The highest BCUT2D eigenvalue weighted by Gasteiger charge is 2.33. The van der Waals surface area contributed by atoms with Crippen LogP contribution < -0.4 is 15.5 Å². The number of hydrogen-bond donors (Lipinski definition) is 1. The number of rotatable bonds is 5. The number of carbonyl (C=O) groups is 3. The van der Waals surface area contributed by atoms with Crippen molar-refractivity contribution in [2.24, 2.45) is 17.8 Å². The van der Waals surface area contributed by atoms with Gasteiger partial charge in [0, 0.05) is 146 Å². The second-order valence-electron chi connectivity index (χ2n) is 20.5. The van der Waals surface area contributed by atoms with Crippen LogP contribution in [0, 0.1) is 41.0 Å². The number of anilines is 3. The average Bonchev–Trinajstić information content (AvgIpc) is 3.45. The summed E-state index contributed by atoms with van der Waals surface area (Å²) in [4.78, 5) is 68.9. The summed E-state index contributed by atoms with van der Waals surface area (Å²) in [6.07, 6.45) is 19.8. The molecule has 0 aromatic carbocycles. The molecule has 0 spiro atoms. The lowest BCUT2D eigenvalue weighted by Gasteiger charge is -2.38. The van der Waals surface area contributed by atoms with Crippen molar-refractivity contribution >= 4 is 119 Å². The van der Waals surface area contributed by atoms with Crippen LogP contribution in [0.3, 0.4) is 0 Å². The monoisotopic (exact) mass is 1370 g/mol. The van der Waals surface area contributed by atoms with E-state index in [4.69, 9.17) is 17.3 Å². The molecule has 0 radical (unpaired) electrons. The molecular weight excluding hydrogens is 1300 g/mol. The van der Waals surface area contributed by atoms with Crippen molar-refractivity contribution < 1.29 is 31.9 Å². The summed E-state index contributed by atoms with van der Waals surface area (Å²) in [6.45, 7) is 13.7. The normalized spacial score (nSPS) is 18.8. The molecule has 0 atom stereocenters. The highest BCUT2D eigenvalue weighted by atomic mass is 79.9. The van der Waals surface area contributed by atoms with Crippen molar-refractivity contribution in [3.05, 3.63) is 97.4 Å². The molecule has 4 aromatic heterocycles. The highest BCUT2D eigenvalue weighted by Crippen LogP contribution is 2.34. The van der Waals surface area contributed by atoms with E-state index in [9.17, 15) is 31.9 Å². The van der Waals surface area contributed by atoms with E-state index < -0.39 is 11.6 Å². The van der Waals surface area contributed by atoms with E-state index in [1.165, 1.54) is 56.3 Å². The lowest BCUT2D eigenvalue weighted by atomic mass is 9.88. The fourth-order valence-electron chi connectivity index (χ4n) is 10.2. The van der Waals surface area contributed by atoms with Crippen LogP contribution in [0.4, 0.5) is 34.6 Å². The Balaban J connectivity index is 0.000000226. The Morgan fingerprint density at radius 2 is 0.838 bits per heavy atom. The quantitative estimate of drug-likeness (QED) is 0.189. The fourth-order valence-corrected chi connectivity index (χ4v) is 11.5. The van der Waals surface area contributed by atoms with Crippen molar-refractivity contribution in [3.8, 4) is 0 Å². The zero-order valence-corrected chi connectivity index (χ0v) is 52.8. The van der Waals surface area contributed by atoms with Crippen molar-refractivity contribution in [1.29, 1.82) is 0 Å². The molecule has 2 N–H and O–H groups in total. The molecule has 4 aromatic rings. The maximum atomic E-state index is 14.0. The van der Waals surface area contributed by atoms with E-state index >= 15 is 0 Å². The standard InChI is InChI=1S/C16H22BrFN4O.C16H24FN5O.C12H22N2O.C5H2BrClFN.C5H3BrFN.2ClH/c2*1-20-6-8-22(9-7-20)16(23)12-2-4-21(5-3-12)15-13(17)10-19-11-14(15)18;1-13-7-9-14(10-8-13)12(15)11-5-3-2-4-6-11;6-3-1-9-2-4(8)5(3)7;6-4-1-5(7)3-8-2-4;;/h10-12H,2-9H2,1H3;10-12H,2-9,18H2,1H3;11H,2-10H2,1H3;1-2H;1-3H;2*1H. The van der Waals surface area contributed by atoms with E-state index in [-0.39, 0.29) is 65.1 Å². The smallest absolute Gasteiger partial charge is 0.225 e. The fraction of sp³-hybridized carbons (Fsp3) is 0.574. The number of hydrogen-bond acceptors (Lipinski definition) is 13. The van der Waals surface area contributed by atoms with Crippen molar-refractivity contribution in [2.75, 3.05) is 141 Å². The Hall–Kier alpha value is -3.68. The minimum Gasteiger partial charge on any atom is -0.396 e. The number of carbonyl (C=O) groups excluding carboxylic acids is 3. The third-order valence-electron chi connectivity index (χ3n) is 14.9. The summed E-state index contributed by atoms with van der Waals surface area (Å²) in [5.41, 5.74) is 7.19. The summed E-state index contributed by atoms with van der Waals surface area (Å²) in [5, 5.41) is 0.0741. The van der Waals surface area contributed by atoms with E-state index in [0.717, 1.165) is 129 Å². The number of piperazine rings is 3. The number of halogens is 10. The minimum atomic E-state index is -0.508. The van der Waals surface area contributed by atoms with Gasteiger partial charge in [-0.15, -0.1) is 24.8 Å². The molecule has 3 amide bonds. The SMILES string of the molecule is CN1CCN(C(=O)C2CCCCC2)CC1.CN1CCN(C(=O)C2CCN(c3c(F)cncc3Br)CC2)CC1.CN1CCN(C(=O)C2CCN(c3c(N)cncc3F)CC2)CC1.Cl.Cl.Fc1cncc(Br)c1.Fc1cncc(Br)c1Cl. The van der Waals surface area contributed by atoms with Gasteiger partial charge in [0.05, 0.1) is 62.0 Å². The molecule has 16 nitrogen and oxygen atoms in total. The van der Waals surface area contributed by atoms with Crippen LogP contribution in [0.5, 0.6) is 0 Å². The van der Waals surface area contributed by atoms with Crippen molar-refractivity contribution in [2.45, 2.75) is 57.8 Å². The van der Waals surface area contributed by atoms with E-state index in [1.807, 2.05) is 19.6 Å². The van der Waals surface area contributed by atoms with Gasteiger partial charge in [-0.05, 0) is 114 Å². The number of pyridine rings is 4. The Bertz CT molecular complexity index is 2370. The molecule has 0 bridgehead atoms. The van der Waals surface area contributed by atoms with Crippen LogP contribution in [-0.4, -0.2) is 193 Å². The van der Waals surface area contributed by atoms with Crippen LogP contribution in [0.25, 0.3) is 0 Å². The first-order valence-electron chi connectivity index (χ1n) is 26.7. The predicted octanol–water partition coefficient (Wildman–Crippen LogP) is 9.57. The molecule has 5 aliphatic heterocycles. The molecule has 6 aliphatic rings. The number of aromatic nitrogens is 4. The molecule has 5 saturated heterocycles. The summed E-state index contributed by atoms with van der Waals surface area (Å²) in [6, 6.07) is 1.35. The Morgan fingerprint density at radius 3 is 1.20 bits per heavy atom. The topological polar surface area (TPSA) is 155 Å². The second kappa shape index (κ2) is 34.8. The maximum absolute atomic E-state index is 14.0. The molecule has 9 heterocycles. The van der Waals surface area contributed by atoms with Gasteiger partial charge in [0.25, 0.3) is 0 Å². The number of nitrogens with zero attached hydrogens (tertiary/aromatic N) is 12. The number of likely N-dealkylation sites (N-methyl/N-ethyl adjacent to an activating group) is 3. The third kappa shape index (κ3) is 20.9. The van der Waals surface area contributed by atoms with E-state index in [2.05, 4.69) is 108 Å². The molecule has 10 rings (SSSR count). The van der Waals surface area contributed by atoms with Gasteiger partial charge in [0.15, 0.2) is 17.5 Å². The van der Waals surface area contributed by atoms with Gasteiger partial charge in [-0.3, -0.25) is 34.3 Å². The third-order valence-corrected chi connectivity index (χ3v) is 17.1. The van der Waals surface area contributed by atoms with E-state index in [1.54, 1.807) is 6.20 Å². The number of amides is 3. The Morgan fingerprint density at radius 1 is 0.475 bits per heavy atom. The molecule has 1 saturated carbocycles. The van der Waals surface area contributed by atoms with E-state index in [0.29, 0.717) is 68.5 Å². The molecule has 0 unspecified atom stereocenters. The lowest BCUT2D eigenvalue weighted by molar-refractivity contribution is -0.138. The molecule has 444 valence electrons. The Labute approximate surface area is 511 Å². The van der Waals surface area contributed by atoms with Crippen LogP contribution in [0.1, 0.15) is 57.8 Å². The molecule has 80 heavy (non-hydrogen) atoms. The first-order chi connectivity index (χ1) is 37.4. The predicted molar refractivity (Wildman–Crippen MR) is 322 cm³/mol. The van der Waals surface area contributed by atoms with Crippen LogP contribution in [-0.2, 0) is 14.4 Å².